The van der Waals surface area contributed by atoms with Crippen molar-refractivity contribution in [2.24, 2.45) is 5.92 Å². The number of nitrogens with one attached hydrogen (secondary N) is 2. The molecule has 8 heteroatoms. The first-order chi connectivity index (χ1) is 14.4. The summed E-state index contributed by atoms with van der Waals surface area (Å²) in [5.74, 6) is 1.25. The Morgan fingerprint density at radius 1 is 1.27 bits per heavy atom. The van der Waals surface area contributed by atoms with E-state index < -0.39 is 16.1 Å². The van der Waals surface area contributed by atoms with E-state index in [1.54, 1.807) is 11.8 Å². The second-order valence-corrected chi connectivity index (χ2v) is 10.5. The fourth-order valence-corrected chi connectivity index (χ4v) is 4.88. The zero-order valence-corrected chi connectivity index (χ0v) is 19.7. The highest BCUT2D eigenvalue weighted by molar-refractivity contribution is 7.98. The van der Waals surface area contributed by atoms with Crippen molar-refractivity contribution in [3.05, 3.63) is 41.3 Å². The molecule has 1 aromatic carbocycles. The van der Waals surface area contributed by atoms with Gasteiger partial charge >= 0.3 is 0 Å². The quantitative estimate of drug-likeness (QED) is 0.476. The molecule has 1 saturated heterocycles. The Labute approximate surface area is 185 Å². The van der Waals surface area contributed by atoms with E-state index in [2.05, 4.69) is 21.9 Å². The summed E-state index contributed by atoms with van der Waals surface area (Å²) in [6, 6.07) is 8.45. The van der Waals surface area contributed by atoms with E-state index in [1.165, 1.54) is 18.9 Å². The van der Waals surface area contributed by atoms with E-state index in [-0.39, 0.29) is 5.91 Å². The maximum atomic E-state index is 12.6. The zero-order chi connectivity index (χ0) is 21.8. The number of sulfonamides is 1. The van der Waals surface area contributed by atoms with E-state index in [9.17, 15) is 13.2 Å². The number of hydrogen-bond acceptors (Lipinski definition) is 5. The summed E-state index contributed by atoms with van der Waals surface area (Å²) in [4.78, 5) is 15.0. The predicted octanol–water partition coefficient (Wildman–Crippen LogP) is 2.94. The Morgan fingerprint density at radius 2 is 1.97 bits per heavy atom. The Balaban J connectivity index is 1.82. The summed E-state index contributed by atoms with van der Waals surface area (Å²) in [6.07, 6.45) is 7.28. The van der Waals surface area contributed by atoms with Gasteiger partial charge in [-0.1, -0.05) is 37.3 Å². The van der Waals surface area contributed by atoms with Crippen molar-refractivity contribution in [3.63, 3.8) is 0 Å². The lowest BCUT2D eigenvalue weighted by molar-refractivity contribution is -0.122. The van der Waals surface area contributed by atoms with Crippen molar-refractivity contribution in [2.45, 2.75) is 38.6 Å². The Hall–Kier alpha value is -1.35. The molecule has 1 atom stereocenters. The average molecular weight is 454 g/mol. The smallest absolute Gasteiger partial charge is 0.238 e. The summed E-state index contributed by atoms with van der Waals surface area (Å²) in [6.45, 7) is 6.07. The van der Waals surface area contributed by atoms with Gasteiger partial charge in [-0.3, -0.25) is 4.79 Å². The monoisotopic (exact) mass is 453 g/mol. The number of carbonyl (C=O) groups excluding carboxylic acids is 1. The molecule has 1 heterocycles. The SMILES string of the molecule is CSCCC(NS(=O)(=O)/C=C/c1ccccc1)C(=O)NCCCN1CCC(C)CC1. The number of thioether (sulfide) groups is 1. The van der Waals surface area contributed by atoms with Crippen LogP contribution in [0.2, 0.25) is 0 Å². The first-order valence-corrected chi connectivity index (χ1v) is 13.6. The second kappa shape index (κ2) is 13.1. The number of carbonyl (C=O) groups is 1. The van der Waals surface area contributed by atoms with Crippen molar-refractivity contribution >= 4 is 33.8 Å². The fourth-order valence-electron chi connectivity index (χ4n) is 3.37. The van der Waals surface area contributed by atoms with Crippen LogP contribution in [0, 0.1) is 5.92 Å². The van der Waals surface area contributed by atoms with Gasteiger partial charge in [-0.25, -0.2) is 8.42 Å². The minimum atomic E-state index is -3.72. The standard InChI is InChI=1S/C22H35N3O3S2/c1-19-9-15-25(16-10-19)14-6-13-23-22(26)21(11-17-29-2)24-30(27,28)18-12-20-7-4-3-5-8-20/h3-5,7-8,12,18-19,21,24H,6,9-11,13-17H2,1-2H3,(H,23,26)/b18-12+. The summed E-state index contributed by atoms with van der Waals surface area (Å²) in [7, 11) is -3.72. The lowest BCUT2D eigenvalue weighted by Crippen LogP contribution is -2.47. The molecule has 2 N–H and O–H groups in total. The van der Waals surface area contributed by atoms with Crippen LogP contribution in [0.5, 0.6) is 0 Å². The van der Waals surface area contributed by atoms with Crippen LogP contribution in [0.1, 0.15) is 38.2 Å². The normalized spacial score (nSPS) is 17.3. The molecule has 0 aliphatic carbocycles. The van der Waals surface area contributed by atoms with Crippen LogP contribution in [0.4, 0.5) is 0 Å². The summed E-state index contributed by atoms with van der Waals surface area (Å²) >= 11 is 1.59. The summed E-state index contributed by atoms with van der Waals surface area (Å²) < 4.78 is 27.4. The molecule has 0 radical (unpaired) electrons. The number of likely N-dealkylation sites (tertiary alicyclic amines) is 1. The number of amides is 1. The molecule has 0 spiro atoms. The van der Waals surface area contributed by atoms with Crippen molar-refractivity contribution in [3.8, 4) is 0 Å². The lowest BCUT2D eigenvalue weighted by atomic mass is 9.99. The van der Waals surface area contributed by atoms with Gasteiger partial charge in [0.2, 0.25) is 15.9 Å². The van der Waals surface area contributed by atoms with Gasteiger partial charge in [0.25, 0.3) is 0 Å². The van der Waals surface area contributed by atoms with Gasteiger partial charge in [0, 0.05) is 12.0 Å². The molecule has 0 saturated carbocycles. The molecule has 1 unspecified atom stereocenters. The van der Waals surface area contributed by atoms with Crippen LogP contribution in [0.3, 0.4) is 0 Å². The third-order valence-corrected chi connectivity index (χ3v) is 7.05. The minimum Gasteiger partial charge on any atom is -0.355 e. The van der Waals surface area contributed by atoms with Crippen LogP contribution in [0.25, 0.3) is 6.08 Å². The third kappa shape index (κ3) is 9.64. The number of nitrogens with zero attached hydrogens (tertiary/aromatic N) is 1. The number of rotatable bonds is 12. The van der Waals surface area contributed by atoms with E-state index in [4.69, 9.17) is 0 Å². The molecule has 1 aromatic rings. The highest BCUT2D eigenvalue weighted by Crippen LogP contribution is 2.15. The van der Waals surface area contributed by atoms with Crippen LogP contribution in [-0.4, -0.2) is 63.5 Å². The fraction of sp³-hybridized carbons (Fsp3) is 0.591. The highest BCUT2D eigenvalue weighted by atomic mass is 32.2. The Kier molecular flexibility index (Phi) is 10.9. The third-order valence-electron chi connectivity index (χ3n) is 5.30. The van der Waals surface area contributed by atoms with Gasteiger partial charge in [0.15, 0.2) is 0 Å². The van der Waals surface area contributed by atoms with Crippen molar-refractivity contribution in [2.75, 3.05) is 38.2 Å². The molecule has 1 aliphatic rings. The minimum absolute atomic E-state index is 0.256. The molecule has 1 amide bonds. The molecule has 2 rings (SSSR count). The van der Waals surface area contributed by atoms with Gasteiger partial charge in [-0.15, -0.1) is 0 Å². The second-order valence-electron chi connectivity index (χ2n) is 7.88. The first-order valence-electron chi connectivity index (χ1n) is 10.6. The van der Waals surface area contributed by atoms with Gasteiger partial charge < -0.3 is 10.2 Å². The number of hydrogen-bond donors (Lipinski definition) is 2. The topological polar surface area (TPSA) is 78.5 Å². The van der Waals surface area contributed by atoms with Crippen molar-refractivity contribution in [1.82, 2.24) is 14.9 Å². The Morgan fingerprint density at radius 3 is 2.63 bits per heavy atom. The Bertz CT molecular complexity index is 761. The maximum absolute atomic E-state index is 12.6. The molecule has 30 heavy (non-hydrogen) atoms. The van der Waals surface area contributed by atoms with Crippen LogP contribution >= 0.6 is 11.8 Å². The molecule has 1 aliphatic heterocycles. The summed E-state index contributed by atoms with van der Waals surface area (Å²) in [5.41, 5.74) is 0.792. The van der Waals surface area contributed by atoms with Crippen LogP contribution in [-0.2, 0) is 14.8 Å². The highest BCUT2D eigenvalue weighted by Gasteiger charge is 2.22. The molecular formula is C22H35N3O3S2. The van der Waals surface area contributed by atoms with E-state index in [0.29, 0.717) is 18.7 Å². The maximum Gasteiger partial charge on any atom is 0.238 e. The molecule has 6 nitrogen and oxygen atoms in total. The lowest BCUT2D eigenvalue weighted by Gasteiger charge is -2.30. The average Bonchev–Trinajstić information content (AvgIpc) is 2.74. The number of piperidine rings is 1. The molecule has 0 aromatic heterocycles. The number of benzene rings is 1. The van der Waals surface area contributed by atoms with E-state index in [1.807, 2.05) is 36.6 Å². The van der Waals surface area contributed by atoms with Gasteiger partial charge in [-0.05, 0) is 74.9 Å². The summed E-state index contributed by atoms with van der Waals surface area (Å²) in [5, 5.41) is 4.03. The molecule has 1 fully saturated rings. The largest absolute Gasteiger partial charge is 0.355 e. The van der Waals surface area contributed by atoms with Crippen molar-refractivity contribution < 1.29 is 13.2 Å². The molecular weight excluding hydrogens is 418 g/mol. The predicted molar refractivity (Wildman–Crippen MR) is 127 cm³/mol. The van der Waals surface area contributed by atoms with Gasteiger partial charge in [0.05, 0.1) is 0 Å². The molecule has 168 valence electrons. The van der Waals surface area contributed by atoms with E-state index >= 15 is 0 Å². The van der Waals surface area contributed by atoms with Crippen LogP contribution < -0.4 is 10.0 Å². The van der Waals surface area contributed by atoms with Gasteiger partial charge in [0.1, 0.15) is 6.04 Å². The molecule has 0 bridgehead atoms. The van der Waals surface area contributed by atoms with E-state index in [0.717, 1.165) is 42.9 Å². The first kappa shape index (κ1) is 24.9. The van der Waals surface area contributed by atoms with Gasteiger partial charge in [-0.2, -0.15) is 16.5 Å². The van der Waals surface area contributed by atoms with Crippen LogP contribution in [0.15, 0.2) is 35.7 Å². The van der Waals surface area contributed by atoms with Crippen molar-refractivity contribution in [1.29, 1.82) is 0 Å². The zero-order valence-electron chi connectivity index (χ0n) is 18.0.